The highest BCUT2D eigenvalue weighted by atomic mass is 16.5. The summed E-state index contributed by atoms with van der Waals surface area (Å²) < 4.78 is 5.32. The molecule has 0 aliphatic carbocycles. The zero-order valence-corrected chi connectivity index (χ0v) is 13.7. The molecule has 3 rings (SSSR count). The smallest absolute Gasteiger partial charge is 0.317 e. The third kappa shape index (κ3) is 4.23. The molecular weight excluding hydrogens is 304 g/mol. The largest absolute Gasteiger partial charge is 0.379 e. The Kier molecular flexibility index (Phi) is 5.28. The number of likely N-dealkylation sites (N-methyl/N-ethyl adjacent to an activating group) is 1. The number of ether oxygens (including phenoxy) is 1. The molecule has 6 nitrogen and oxygen atoms in total. The van der Waals surface area contributed by atoms with E-state index in [4.69, 9.17) is 4.74 Å². The van der Waals surface area contributed by atoms with Crippen molar-refractivity contribution in [1.29, 1.82) is 0 Å². The maximum Gasteiger partial charge on any atom is 0.317 e. The van der Waals surface area contributed by atoms with E-state index < -0.39 is 0 Å². The molecule has 1 fully saturated rings. The van der Waals surface area contributed by atoms with Crippen LogP contribution in [0.1, 0.15) is 12.0 Å². The standard InChI is InChI=1S/C18H22N4O2/c1-22(17-8-11-24-13-17)18(23)20-12-14-2-4-15(5-3-14)21-16-6-9-19-10-7-16/h2-7,9-10,17H,8,11-13H2,1H3,(H,19,21)(H,20,23). The first-order valence-corrected chi connectivity index (χ1v) is 8.07. The number of nitrogens with zero attached hydrogens (tertiary/aromatic N) is 2. The zero-order chi connectivity index (χ0) is 16.8. The summed E-state index contributed by atoms with van der Waals surface area (Å²) in [6.07, 6.45) is 4.40. The van der Waals surface area contributed by atoms with Gasteiger partial charge in [-0.1, -0.05) is 12.1 Å². The first-order chi connectivity index (χ1) is 11.7. The van der Waals surface area contributed by atoms with Gasteiger partial charge in [0.05, 0.1) is 12.6 Å². The number of urea groups is 1. The molecular formula is C18H22N4O2. The highest BCUT2D eigenvalue weighted by molar-refractivity contribution is 5.74. The number of hydrogen-bond donors (Lipinski definition) is 2. The van der Waals surface area contributed by atoms with Crippen LogP contribution in [0, 0.1) is 0 Å². The number of pyridine rings is 1. The fraction of sp³-hybridized carbons (Fsp3) is 0.333. The molecule has 0 bridgehead atoms. The molecule has 1 atom stereocenters. The van der Waals surface area contributed by atoms with Crippen LogP contribution in [0.4, 0.5) is 16.2 Å². The molecule has 126 valence electrons. The summed E-state index contributed by atoms with van der Waals surface area (Å²) in [7, 11) is 1.82. The maximum absolute atomic E-state index is 12.2. The monoisotopic (exact) mass is 326 g/mol. The molecule has 1 unspecified atom stereocenters. The molecule has 1 saturated heterocycles. The van der Waals surface area contributed by atoms with E-state index in [-0.39, 0.29) is 12.1 Å². The molecule has 2 aromatic rings. The van der Waals surface area contributed by atoms with Crippen molar-refractivity contribution in [2.24, 2.45) is 0 Å². The van der Waals surface area contributed by atoms with Gasteiger partial charge >= 0.3 is 6.03 Å². The Morgan fingerprint density at radius 1 is 1.21 bits per heavy atom. The Morgan fingerprint density at radius 2 is 1.92 bits per heavy atom. The minimum Gasteiger partial charge on any atom is -0.379 e. The normalized spacial score (nSPS) is 16.6. The molecule has 2 heterocycles. The first-order valence-electron chi connectivity index (χ1n) is 8.07. The predicted molar refractivity (Wildman–Crippen MR) is 93.2 cm³/mol. The van der Waals surface area contributed by atoms with Crippen molar-refractivity contribution in [1.82, 2.24) is 15.2 Å². The van der Waals surface area contributed by atoms with E-state index in [9.17, 15) is 4.79 Å². The lowest BCUT2D eigenvalue weighted by atomic mass is 10.2. The second-order valence-corrected chi connectivity index (χ2v) is 5.84. The second kappa shape index (κ2) is 7.79. The van der Waals surface area contributed by atoms with Crippen LogP contribution in [-0.4, -0.2) is 42.2 Å². The summed E-state index contributed by atoms with van der Waals surface area (Å²) >= 11 is 0. The van der Waals surface area contributed by atoms with Gasteiger partial charge in [-0.3, -0.25) is 4.98 Å². The van der Waals surface area contributed by atoms with Gasteiger partial charge in [-0.2, -0.15) is 0 Å². The van der Waals surface area contributed by atoms with E-state index in [0.717, 1.165) is 30.0 Å². The van der Waals surface area contributed by atoms with Crippen LogP contribution in [-0.2, 0) is 11.3 Å². The van der Waals surface area contributed by atoms with Crippen molar-refractivity contribution in [2.45, 2.75) is 19.0 Å². The van der Waals surface area contributed by atoms with Gasteiger partial charge in [-0.25, -0.2) is 4.79 Å². The fourth-order valence-corrected chi connectivity index (χ4v) is 2.60. The maximum atomic E-state index is 12.2. The van der Waals surface area contributed by atoms with Crippen molar-refractivity contribution in [3.8, 4) is 0 Å². The first kappa shape index (κ1) is 16.3. The summed E-state index contributed by atoms with van der Waals surface area (Å²) in [5.41, 5.74) is 3.04. The molecule has 1 aromatic carbocycles. The van der Waals surface area contributed by atoms with E-state index in [1.165, 1.54) is 0 Å². The average molecular weight is 326 g/mol. The number of nitrogens with one attached hydrogen (secondary N) is 2. The number of amides is 2. The number of rotatable bonds is 5. The Hall–Kier alpha value is -2.60. The SMILES string of the molecule is CN(C(=O)NCc1ccc(Nc2ccncc2)cc1)C1CCOC1. The van der Waals surface area contributed by atoms with E-state index in [1.807, 2.05) is 43.4 Å². The van der Waals surface area contributed by atoms with E-state index >= 15 is 0 Å². The molecule has 1 aromatic heterocycles. The molecule has 2 amide bonds. The predicted octanol–water partition coefficient (Wildman–Crippen LogP) is 2.76. The van der Waals surface area contributed by atoms with Crippen LogP contribution in [0.3, 0.4) is 0 Å². The van der Waals surface area contributed by atoms with Crippen LogP contribution in [0.2, 0.25) is 0 Å². The van der Waals surface area contributed by atoms with Gasteiger partial charge in [-0.05, 0) is 36.2 Å². The van der Waals surface area contributed by atoms with Crippen LogP contribution >= 0.6 is 0 Å². The van der Waals surface area contributed by atoms with Crippen molar-refractivity contribution in [3.05, 3.63) is 54.4 Å². The highest BCUT2D eigenvalue weighted by Crippen LogP contribution is 2.16. The molecule has 0 radical (unpaired) electrons. The molecule has 6 heteroatoms. The average Bonchev–Trinajstić information content (AvgIpc) is 3.16. The minimum absolute atomic E-state index is 0.0653. The van der Waals surface area contributed by atoms with Gasteiger partial charge in [0.25, 0.3) is 0 Å². The summed E-state index contributed by atoms with van der Waals surface area (Å²) in [4.78, 5) is 17.9. The number of carbonyl (C=O) groups is 1. The molecule has 2 N–H and O–H groups in total. The van der Waals surface area contributed by atoms with Gasteiger partial charge in [0, 0.05) is 44.0 Å². The Bertz CT molecular complexity index is 654. The van der Waals surface area contributed by atoms with Crippen LogP contribution in [0.25, 0.3) is 0 Å². The van der Waals surface area contributed by atoms with Crippen LogP contribution < -0.4 is 10.6 Å². The summed E-state index contributed by atoms with van der Waals surface area (Å²) in [5, 5.41) is 6.25. The fourth-order valence-electron chi connectivity index (χ4n) is 2.60. The van der Waals surface area contributed by atoms with E-state index in [0.29, 0.717) is 13.2 Å². The van der Waals surface area contributed by atoms with E-state index in [2.05, 4.69) is 15.6 Å². The van der Waals surface area contributed by atoms with Gasteiger partial charge in [-0.15, -0.1) is 0 Å². The number of anilines is 2. The third-order valence-corrected chi connectivity index (χ3v) is 4.14. The van der Waals surface area contributed by atoms with E-state index in [1.54, 1.807) is 17.3 Å². The number of benzene rings is 1. The minimum atomic E-state index is -0.0653. The van der Waals surface area contributed by atoms with Crippen LogP contribution in [0.5, 0.6) is 0 Å². The zero-order valence-electron chi connectivity index (χ0n) is 13.7. The summed E-state index contributed by atoms with van der Waals surface area (Å²) in [6, 6.07) is 11.9. The Morgan fingerprint density at radius 3 is 2.58 bits per heavy atom. The Labute approximate surface area is 141 Å². The lowest BCUT2D eigenvalue weighted by Crippen LogP contribution is -2.43. The molecule has 1 aliphatic heterocycles. The summed E-state index contributed by atoms with van der Waals surface area (Å²) in [5.74, 6) is 0. The van der Waals surface area contributed by atoms with Crippen molar-refractivity contribution < 1.29 is 9.53 Å². The van der Waals surface area contributed by atoms with Gasteiger partial charge < -0.3 is 20.3 Å². The van der Waals surface area contributed by atoms with Gasteiger partial charge in [0.2, 0.25) is 0 Å². The lowest BCUT2D eigenvalue weighted by Gasteiger charge is -2.23. The highest BCUT2D eigenvalue weighted by Gasteiger charge is 2.23. The third-order valence-electron chi connectivity index (χ3n) is 4.14. The number of hydrogen-bond acceptors (Lipinski definition) is 4. The van der Waals surface area contributed by atoms with Crippen molar-refractivity contribution >= 4 is 17.4 Å². The lowest BCUT2D eigenvalue weighted by molar-refractivity contribution is 0.158. The number of carbonyl (C=O) groups excluding carboxylic acids is 1. The molecule has 1 aliphatic rings. The second-order valence-electron chi connectivity index (χ2n) is 5.84. The van der Waals surface area contributed by atoms with Gasteiger partial charge in [0.1, 0.15) is 0 Å². The van der Waals surface area contributed by atoms with Crippen molar-refractivity contribution in [2.75, 3.05) is 25.6 Å². The Balaban J connectivity index is 1.50. The van der Waals surface area contributed by atoms with Gasteiger partial charge in [0.15, 0.2) is 0 Å². The van der Waals surface area contributed by atoms with Crippen molar-refractivity contribution in [3.63, 3.8) is 0 Å². The molecule has 0 saturated carbocycles. The quantitative estimate of drug-likeness (QED) is 0.887. The summed E-state index contributed by atoms with van der Waals surface area (Å²) in [6.45, 7) is 1.86. The van der Waals surface area contributed by atoms with Crippen LogP contribution in [0.15, 0.2) is 48.8 Å². The molecule has 24 heavy (non-hydrogen) atoms. The number of aromatic nitrogens is 1. The molecule has 0 spiro atoms. The topological polar surface area (TPSA) is 66.5 Å².